The highest BCUT2D eigenvalue weighted by molar-refractivity contribution is 6.32. The summed E-state index contributed by atoms with van der Waals surface area (Å²) in [7, 11) is 0. The standard InChI is InChI=1S/C46H42Cl2F2O5/c1-45(2,31-17-21-39(51)35(47)27-31)43(25-29-15-19-37(49)41(23-29)53-33-11-7-5-8-12-33)55-44(46(3,4)32-18-22-40(52)36(48)28-32)26-30-16-20-38(50)42(24-30)54-34-13-9-6-10-14-34/h5-24,27-28,43-44,51-52H,25-26H2,1-4H3. The Kier molecular flexibility index (Phi) is 12.1. The summed E-state index contributed by atoms with van der Waals surface area (Å²) in [5, 5.41) is 21.0. The van der Waals surface area contributed by atoms with Crippen LogP contribution in [0, 0.1) is 11.6 Å². The van der Waals surface area contributed by atoms with E-state index in [0.717, 1.165) is 22.3 Å². The van der Waals surface area contributed by atoms with Crippen molar-refractivity contribution in [3.63, 3.8) is 0 Å². The van der Waals surface area contributed by atoms with Gasteiger partial charge in [-0.3, -0.25) is 0 Å². The van der Waals surface area contributed by atoms with Gasteiger partial charge in [0, 0.05) is 10.8 Å². The first-order valence-corrected chi connectivity index (χ1v) is 18.6. The van der Waals surface area contributed by atoms with Crippen molar-refractivity contribution in [2.75, 3.05) is 0 Å². The third kappa shape index (κ3) is 9.42. The van der Waals surface area contributed by atoms with Gasteiger partial charge in [0.2, 0.25) is 0 Å². The van der Waals surface area contributed by atoms with Crippen LogP contribution < -0.4 is 9.47 Å². The minimum atomic E-state index is -0.752. The maximum Gasteiger partial charge on any atom is 0.165 e. The van der Waals surface area contributed by atoms with E-state index < -0.39 is 34.7 Å². The van der Waals surface area contributed by atoms with E-state index in [-0.39, 0.29) is 33.0 Å². The van der Waals surface area contributed by atoms with Gasteiger partial charge in [-0.2, -0.15) is 0 Å². The number of hydrogen-bond donors (Lipinski definition) is 2. The highest BCUT2D eigenvalue weighted by Gasteiger charge is 2.40. The number of phenols is 2. The first kappa shape index (κ1) is 39.6. The van der Waals surface area contributed by atoms with Gasteiger partial charge in [0.25, 0.3) is 0 Å². The van der Waals surface area contributed by atoms with Crippen molar-refractivity contribution in [3.8, 4) is 34.5 Å². The third-order valence-electron chi connectivity index (χ3n) is 10.1. The fraction of sp³-hybridized carbons (Fsp3) is 0.217. The Labute approximate surface area is 330 Å². The molecule has 0 saturated heterocycles. The summed E-state index contributed by atoms with van der Waals surface area (Å²) in [6.45, 7) is 8.10. The molecule has 0 spiro atoms. The quantitative estimate of drug-likeness (QED) is 0.115. The summed E-state index contributed by atoms with van der Waals surface area (Å²) in [5.41, 5.74) is 1.59. The fourth-order valence-electron chi connectivity index (χ4n) is 6.50. The molecule has 9 heteroatoms. The van der Waals surface area contributed by atoms with Crippen molar-refractivity contribution in [2.45, 2.75) is 63.6 Å². The van der Waals surface area contributed by atoms with E-state index in [9.17, 15) is 10.2 Å². The molecule has 5 nitrogen and oxygen atoms in total. The molecule has 0 fully saturated rings. The fourth-order valence-corrected chi connectivity index (χ4v) is 6.86. The van der Waals surface area contributed by atoms with Crippen molar-refractivity contribution in [1.29, 1.82) is 0 Å². The minimum Gasteiger partial charge on any atom is -0.506 e. The van der Waals surface area contributed by atoms with Crippen molar-refractivity contribution in [2.24, 2.45) is 0 Å². The molecule has 0 saturated carbocycles. The molecule has 0 aromatic heterocycles. The first-order valence-electron chi connectivity index (χ1n) is 17.9. The molecule has 284 valence electrons. The molecule has 0 aliphatic rings. The predicted molar refractivity (Wildman–Crippen MR) is 214 cm³/mol. The molecule has 6 rings (SSSR count). The van der Waals surface area contributed by atoms with Gasteiger partial charge >= 0.3 is 0 Å². The normalized spacial score (nSPS) is 12.9. The zero-order chi connectivity index (χ0) is 39.3. The van der Waals surface area contributed by atoms with Gasteiger partial charge < -0.3 is 24.4 Å². The molecule has 2 unspecified atom stereocenters. The Bertz CT molecular complexity index is 2090. The van der Waals surface area contributed by atoms with Crippen molar-refractivity contribution >= 4 is 23.2 Å². The number of phenolic OH excluding ortho intramolecular Hbond substituents is 2. The summed E-state index contributed by atoms with van der Waals surface area (Å²) in [4.78, 5) is 0. The summed E-state index contributed by atoms with van der Waals surface area (Å²) < 4.78 is 49.6. The van der Waals surface area contributed by atoms with Gasteiger partial charge in [-0.1, -0.05) is 112 Å². The zero-order valence-electron chi connectivity index (χ0n) is 30.9. The van der Waals surface area contributed by atoms with Crippen molar-refractivity contribution < 1.29 is 33.2 Å². The van der Waals surface area contributed by atoms with E-state index in [1.54, 1.807) is 84.9 Å². The Morgan fingerprint density at radius 1 is 0.527 bits per heavy atom. The van der Waals surface area contributed by atoms with Crippen LogP contribution in [0.2, 0.25) is 10.0 Å². The topological polar surface area (TPSA) is 68.2 Å². The SMILES string of the molecule is CC(C)(c1ccc(O)c(Cl)c1)C(Cc1ccc(F)c(Oc2ccccc2)c1)OC(Cc1ccc(F)c(Oc2ccccc2)c1)C(C)(C)c1ccc(O)c(Cl)c1. The number of aromatic hydroxyl groups is 2. The van der Waals surface area contributed by atoms with Crippen LogP contribution in [0.15, 0.2) is 133 Å². The van der Waals surface area contributed by atoms with Gasteiger partial charge in [-0.15, -0.1) is 0 Å². The Morgan fingerprint density at radius 2 is 0.909 bits per heavy atom. The molecule has 0 amide bonds. The van der Waals surface area contributed by atoms with Crippen LogP contribution in [0.4, 0.5) is 8.78 Å². The lowest BCUT2D eigenvalue weighted by molar-refractivity contribution is -0.0753. The third-order valence-corrected chi connectivity index (χ3v) is 10.7. The molecule has 0 aliphatic carbocycles. The highest BCUT2D eigenvalue weighted by Crippen LogP contribution is 2.41. The van der Waals surface area contributed by atoms with E-state index in [2.05, 4.69) is 0 Å². The summed E-state index contributed by atoms with van der Waals surface area (Å²) in [6, 6.07) is 37.6. The molecule has 55 heavy (non-hydrogen) atoms. The Morgan fingerprint density at radius 3 is 1.27 bits per heavy atom. The minimum absolute atomic E-state index is 0.0482. The van der Waals surface area contributed by atoms with Gasteiger partial charge in [0.15, 0.2) is 23.1 Å². The molecule has 6 aromatic carbocycles. The molecule has 0 bridgehead atoms. The van der Waals surface area contributed by atoms with E-state index >= 15 is 8.78 Å². The van der Waals surface area contributed by atoms with Gasteiger partial charge in [0.05, 0.1) is 22.3 Å². The van der Waals surface area contributed by atoms with Gasteiger partial charge in [-0.05, 0) is 108 Å². The Hall–Kier alpha value is -5.08. The lowest BCUT2D eigenvalue weighted by Gasteiger charge is -2.43. The summed E-state index contributed by atoms with van der Waals surface area (Å²) >= 11 is 12.9. The van der Waals surface area contributed by atoms with Crippen LogP contribution in [0.5, 0.6) is 34.5 Å². The monoisotopic (exact) mass is 782 g/mol. The average Bonchev–Trinajstić information content (AvgIpc) is 3.16. The molecule has 2 N–H and O–H groups in total. The maximum absolute atomic E-state index is 15.2. The average molecular weight is 784 g/mol. The number of benzene rings is 6. The smallest absolute Gasteiger partial charge is 0.165 e. The number of halogens is 4. The van der Waals surface area contributed by atoms with Crippen LogP contribution in [0.25, 0.3) is 0 Å². The van der Waals surface area contributed by atoms with Gasteiger partial charge in [-0.25, -0.2) is 8.78 Å². The van der Waals surface area contributed by atoms with Crippen LogP contribution >= 0.6 is 23.2 Å². The second-order valence-corrected chi connectivity index (χ2v) is 15.5. The molecule has 6 aromatic rings. The lowest BCUT2D eigenvalue weighted by Crippen LogP contribution is -2.46. The molecular weight excluding hydrogens is 741 g/mol. The molecule has 0 radical (unpaired) electrons. The van der Waals surface area contributed by atoms with Crippen molar-refractivity contribution in [3.05, 3.63) is 177 Å². The summed E-state index contributed by atoms with van der Waals surface area (Å²) in [6.07, 6.45) is -0.571. The van der Waals surface area contributed by atoms with E-state index in [4.69, 9.17) is 37.4 Å². The summed E-state index contributed by atoms with van der Waals surface area (Å²) in [5.74, 6) is 0.0115. The largest absolute Gasteiger partial charge is 0.506 e. The van der Waals surface area contributed by atoms with Crippen LogP contribution in [0.1, 0.15) is 49.9 Å². The molecule has 0 aliphatic heterocycles. The van der Waals surface area contributed by atoms with Crippen molar-refractivity contribution in [1.82, 2.24) is 0 Å². The highest BCUT2D eigenvalue weighted by atomic mass is 35.5. The van der Waals surface area contributed by atoms with Crippen LogP contribution in [-0.2, 0) is 28.4 Å². The first-order chi connectivity index (χ1) is 26.2. The zero-order valence-corrected chi connectivity index (χ0v) is 32.4. The molecular formula is C46H42Cl2F2O5. The number of para-hydroxylation sites is 2. The molecule has 2 atom stereocenters. The molecule has 0 heterocycles. The second kappa shape index (κ2) is 16.7. The second-order valence-electron chi connectivity index (χ2n) is 14.7. The van der Waals surface area contributed by atoms with E-state index in [1.165, 1.54) is 12.1 Å². The van der Waals surface area contributed by atoms with E-state index in [0.29, 0.717) is 24.3 Å². The van der Waals surface area contributed by atoms with E-state index in [1.807, 2.05) is 64.1 Å². The number of rotatable bonds is 14. The lowest BCUT2D eigenvalue weighted by atomic mass is 9.74. The number of hydrogen-bond acceptors (Lipinski definition) is 5. The number of ether oxygens (including phenoxy) is 3. The maximum atomic E-state index is 15.2. The van der Waals surface area contributed by atoms with Crippen LogP contribution in [-0.4, -0.2) is 22.4 Å². The predicted octanol–water partition coefficient (Wildman–Crippen LogP) is 12.8. The van der Waals surface area contributed by atoms with Crippen LogP contribution in [0.3, 0.4) is 0 Å². The van der Waals surface area contributed by atoms with Gasteiger partial charge in [0.1, 0.15) is 23.0 Å². The Balaban J connectivity index is 1.43.